The molecule has 0 saturated carbocycles. The lowest BCUT2D eigenvalue weighted by atomic mass is 10.0. The van der Waals surface area contributed by atoms with Gasteiger partial charge in [0.15, 0.2) is 0 Å². The Kier molecular flexibility index (Phi) is 5.24. The van der Waals surface area contributed by atoms with Crippen molar-refractivity contribution in [1.82, 2.24) is 5.32 Å². The topological polar surface area (TPSA) is 34.4 Å². The van der Waals surface area contributed by atoms with Crippen molar-refractivity contribution in [3.63, 3.8) is 0 Å². The number of hydrogen-bond donors (Lipinski definition) is 1. The van der Waals surface area contributed by atoms with E-state index in [0.717, 1.165) is 36.7 Å². The summed E-state index contributed by atoms with van der Waals surface area (Å²) in [6.07, 6.45) is 1.84. The van der Waals surface area contributed by atoms with Gasteiger partial charge in [0.25, 0.3) is 0 Å². The molecule has 3 heteroatoms. The first-order valence-electron chi connectivity index (χ1n) is 7.21. The Hall–Kier alpha value is -1.74. The Balaban J connectivity index is 2.11. The molecule has 108 valence electrons. The lowest BCUT2D eigenvalue weighted by molar-refractivity contribution is 0.396. The molecular formula is C17H23NO2. The second-order valence-electron chi connectivity index (χ2n) is 4.82. The van der Waals surface area contributed by atoms with Crippen LogP contribution in [-0.2, 0) is 12.8 Å². The van der Waals surface area contributed by atoms with Crippen LogP contribution in [0.2, 0.25) is 0 Å². The number of methoxy groups -OCH3 is 1. The highest BCUT2D eigenvalue weighted by atomic mass is 16.5. The molecule has 2 rings (SSSR count). The lowest BCUT2D eigenvalue weighted by Crippen LogP contribution is -2.22. The van der Waals surface area contributed by atoms with E-state index in [4.69, 9.17) is 9.15 Å². The van der Waals surface area contributed by atoms with Gasteiger partial charge in [0.2, 0.25) is 0 Å². The Morgan fingerprint density at radius 1 is 1.10 bits per heavy atom. The monoisotopic (exact) mass is 273 g/mol. The van der Waals surface area contributed by atoms with Crippen LogP contribution < -0.4 is 10.1 Å². The predicted octanol–water partition coefficient (Wildman–Crippen LogP) is 3.74. The van der Waals surface area contributed by atoms with Crippen molar-refractivity contribution in [2.24, 2.45) is 0 Å². The molecule has 1 N–H and O–H groups in total. The highest BCUT2D eigenvalue weighted by Gasteiger charge is 2.15. The van der Waals surface area contributed by atoms with E-state index in [-0.39, 0.29) is 6.04 Å². The first-order chi connectivity index (χ1) is 9.76. The fraction of sp³-hybridized carbons (Fsp3) is 0.412. The maximum Gasteiger partial charge on any atom is 0.121 e. The minimum absolute atomic E-state index is 0.216. The van der Waals surface area contributed by atoms with Crippen molar-refractivity contribution in [2.45, 2.75) is 32.7 Å². The molecule has 3 nitrogen and oxygen atoms in total. The van der Waals surface area contributed by atoms with Crippen molar-refractivity contribution in [3.05, 3.63) is 53.5 Å². The first kappa shape index (κ1) is 14.7. The van der Waals surface area contributed by atoms with Gasteiger partial charge in [0.05, 0.1) is 13.2 Å². The summed E-state index contributed by atoms with van der Waals surface area (Å²) >= 11 is 0. The summed E-state index contributed by atoms with van der Waals surface area (Å²) in [5.74, 6) is 2.94. The number of likely N-dealkylation sites (N-methyl/N-ethyl adjacent to an activating group) is 1. The summed E-state index contributed by atoms with van der Waals surface area (Å²) in [5, 5.41) is 3.49. The molecule has 0 radical (unpaired) electrons. The van der Waals surface area contributed by atoms with E-state index in [1.165, 1.54) is 5.56 Å². The zero-order chi connectivity index (χ0) is 14.4. The van der Waals surface area contributed by atoms with E-state index in [2.05, 4.69) is 43.4 Å². The number of aryl methyl sites for hydroxylation is 1. The van der Waals surface area contributed by atoms with Crippen LogP contribution in [0.3, 0.4) is 0 Å². The smallest absolute Gasteiger partial charge is 0.121 e. The van der Waals surface area contributed by atoms with Crippen LogP contribution in [-0.4, -0.2) is 13.7 Å². The van der Waals surface area contributed by atoms with Crippen LogP contribution in [0.1, 0.15) is 37.0 Å². The fourth-order valence-corrected chi connectivity index (χ4v) is 2.29. The third-order valence-electron chi connectivity index (χ3n) is 3.42. The van der Waals surface area contributed by atoms with E-state index in [1.807, 2.05) is 12.1 Å². The molecule has 0 bridgehead atoms. The summed E-state index contributed by atoms with van der Waals surface area (Å²) in [6.45, 7) is 5.14. The molecule has 0 aliphatic rings. The number of rotatable bonds is 7. The Morgan fingerprint density at radius 2 is 1.85 bits per heavy atom. The van der Waals surface area contributed by atoms with Gasteiger partial charge in [-0.1, -0.05) is 26.0 Å². The lowest BCUT2D eigenvalue weighted by Gasteiger charge is -2.16. The summed E-state index contributed by atoms with van der Waals surface area (Å²) in [7, 11) is 1.69. The minimum Gasteiger partial charge on any atom is -0.497 e. The van der Waals surface area contributed by atoms with Crippen LogP contribution >= 0.6 is 0 Å². The molecular weight excluding hydrogens is 250 g/mol. The molecule has 1 heterocycles. The highest BCUT2D eigenvalue weighted by Crippen LogP contribution is 2.22. The van der Waals surface area contributed by atoms with Crippen LogP contribution in [0, 0.1) is 0 Å². The van der Waals surface area contributed by atoms with Gasteiger partial charge in [-0.15, -0.1) is 0 Å². The van der Waals surface area contributed by atoms with E-state index in [0.29, 0.717) is 0 Å². The van der Waals surface area contributed by atoms with E-state index < -0.39 is 0 Å². The van der Waals surface area contributed by atoms with Gasteiger partial charge < -0.3 is 14.5 Å². The fourth-order valence-electron chi connectivity index (χ4n) is 2.29. The normalized spacial score (nSPS) is 12.3. The van der Waals surface area contributed by atoms with Gasteiger partial charge in [-0.05, 0) is 42.8 Å². The van der Waals surface area contributed by atoms with Crippen LogP contribution in [0.15, 0.2) is 40.8 Å². The van der Waals surface area contributed by atoms with Crippen LogP contribution in [0.5, 0.6) is 5.75 Å². The van der Waals surface area contributed by atoms with Crippen LogP contribution in [0.25, 0.3) is 0 Å². The molecule has 1 aromatic carbocycles. The number of benzene rings is 1. The Morgan fingerprint density at radius 3 is 2.40 bits per heavy atom. The van der Waals surface area contributed by atoms with Gasteiger partial charge in [0, 0.05) is 6.42 Å². The first-order valence-corrected chi connectivity index (χ1v) is 7.21. The largest absolute Gasteiger partial charge is 0.497 e. The maximum absolute atomic E-state index is 5.88. The van der Waals surface area contributed by atoms with E-state index in [1.54, 1.807) is 7.11 Å². The molecule has 0 amide bonds. The van der Waals surface area contributed by atoms with Gasteiger partial charge in [-0.25, -0.2) is 0 Å². The van der Waals surface area contributed by atoms with E-state index in [9.17, 15) is 0 Å². The standard InChI is InChI=1S/C17H23NO2/c1-4-14-10-11-17(20-14)16(18-5-2)12-13-6-8-15(19-3)9-7-13/h6-11,16,18H,4-5,12H2,1-3H3. The zero-order valence-electron chi connectivity index (χ0n) is 12.5. The van der Waals surface area contributed by atoms with Crippen molar-refractivity contribution in [1.29, 1.82) is 0 Å². The van der Waals surface area contributed by atoms with E-state index >= 15 is 0 Å². The summed E-state index contributed by atoms with van der Waals surface area (Å²) in [6, 6.07) is 12.6. The van der Waals surface area contributed by atoms with Crippen molar-refractivity contribution in [3.8, 4) is 5.75 Å². The molecule has 20 heavy (non-hydrogen) atoms. The predicted molar refractivity (Wildman–Crippen MR) is 81.2 cm³/mol. The zero-order valence-corrected chi connectivity index (χ0v) is 12.5. The number of nitrogens with one attached hydrogen (secondary N) is 1. The molecule has 2 aromatic rings. The van der Waals surface area contributed by atoms with Crippen molar-refractivity contribution >= 4 is 0 Å². The third-order valence-corrected chi connectivity index (χ3v) is 3.42. The van der Waals surface area contributed by atoms with Crippen molar-refractivity contribution in [2.75, 3.05) is 13.7 Å². The number of furan rings is 1. The number of hydrogen-bond acceptors (Lipinski definition) is 3. The van der Waals surface area contributed by atoms with Crippen molar-refractivity contribution < 1.29 is 9.15 Å². The average Bonchev–Trinajstić information content (AvgIpc) is 2.96. The molecule has 1 unspecified atom stereocenters. The third kappa shape index (κ3) is 3.64. The van der Waals surface area contributed by atoms with Gasteiger partial charge in [0.1, 0.15) is 17.3 Å². The highest BCUT2D eigenvalue weighted by molar-refractivity contribution is 5.28. The number of ether oxygens (including phenoxy) is 1. The Bertz CT molecular complexity index is 516. The summed E-state index contributed by atoms with van der Waals surface area (Å²) in [4.78, 5) is 0. The minimum atomic E-state index is 0.216. The molecule has 1 aromatic heterocycles. The molecule has 0 spiro atoms. The Labute approximate surface area is 121 Å². The molecule has 0 aliphatic carbocycles. The SMILES string of the molecule is CCNC(Cc1ccc(OC)cc1)c1ccc(CC)o1. The van der Waals surface area contributed by atoms with Gasteiger partial charge in [-0.2, -0.15) is 0 Å². The second kappa shape index (κ2) is 7.15. The second-order valence-corrected chi connectivity index (χ2v) is 4.82. The molecule has 1 atom stereocenters. The molecule has 0 aliphatic heterocycles. The summed E-state index contributed by atoms with van der Waals surface area (Å²) in [5.41, 5.74) is 1.27. The molecule has 0 fully saturated rings. The quantitative estimate of drug-likeness (QED) is 0.834. The summed E-state index contributed by atoms with van der Waals surface area (Å²) < 4.78 is 11.1. The van der Waals surface area contributed by atoms with Crippen LogP contribution in [0.4, 0.5) is 0 Å². The molecule has 0 saturated heterocycles. The maximum atomic E-state index is 5.88. The van der Waals surface area contributed by atoms with Gasteiger partial charge >= 0.3 is 0 Å². The average molecular weight is 273 g/mol. The van der Waals surface area contributed by atoms with Gasteiger partial charge in [-0.3, -0.25) is 0 Å².